The van der Waals surface area contributed by atoms with E-state index < -0.39 is 18.2 Å². The molecule has 3 N–H and O–H groups in total. The normalized spacial score (nSPS) is 13.1. The van der Waals surface area contributed by atoms with Crippen molar-refractivity contribution in [1.29, 1.82) is 0 Å². The van der Waals surface area contributed by atoms with Crippen LogP contribution in [0.4, 0.5) is 10.5 Å². The Labute approximate surface area is 194 Å². The van der Waals surface area contributed by atoms with Gasteiger partial charge in [0.05, 0.1) is 5.69 Å². The van der Waals surface area contributed by atoms with E-state index in [2.05, 4.69) is 21.2 Å². The summed E-state index contributed by atoms with van der Waals surface area (Å²) in [5, 5.41) is 23.9. The standard InChI is InChI=1S/C25H24BrNO5/c1-16(7-2-5-12-23(29)30)24(20-15-18(26)13-14-22(20)28)32-25(31)27-21-11-6-9-17-8-3-4-10-19(17)21/h3-6,8-16,24,28H,2,7H2,1H3,(H,27,31)(H,29,30)/b12-5+/t16-,24+/m0/s1. The molecule has 0 aliphatic rings. The molecule has 0 bridgehead atoms. The van der Waals surface area contributed by atoms with Gasteiger partial charge in [0, 0.05) is 21.5 Å². The number of anilines is 1. The minimum Gasteiger partial charge on any atom is -0.508 e. The third-order valence-electron chi connectivity index (χ3n) is 5.12. The Morgan fingerprint density at radius 1 is 1.12 bits per heavy atom. The van der Waals surface area contributed by atoms with Crippen LogP contribution in [0.5, 0.6) is 5.75 Å². The Morgan fingerprint density at radius 2 is 1.88 bits per heavy atom. The van der Waals surface area contributed by atoms with E-state index in [1.807, 2.05) is 43.3 Å². The number of benzene rings is 3. The number of fused-ring (bicyclic) bond motifs is 1. The highest BCUT2D eigenvalue weighted by Gasteiger charge is 2.26. The minimum atomic E-state index is -1.01. The number of carboxylic acids is 1. The number of carbonyl (C=O) groups is 2. The highest BCUT2D eigenvalue weighted by atomic mass is 79.9. The molecule has 0 saturated carbocycles. The van der Waals surface area contributed by atoms with Crippen molar-refractivity contribution in [2.24, 2.45) is 5.92 Å². The van der Waals surface area contributed by atoms with Crippen molar-refractivity contribution >= 4 is 44.5 Å². The van der Waals surface area contributed by atoms with Gasteiger partial charge in [-0.3, -0.25) is 5.32 Å². The number of rotatable bonds is 8. The number of hydrogen-bond donors (Lipinski definition) is 3. The molecular formula is C25H24BrNO5. The van der Waals surface area contributed by atoms with Crippen LogP contribution >= 0.6 is 15.9 Å². The molecule has 3 aromatic carbocycles. The van der Waals surface area contributed by atoms with E-state index >= 15 is 0 Å². The van der Waals surface area contributed by atoms with Crippen molar-refractivity contribution in [1.82, 2.24) is 0 Å². The van der Waals surface area contributed by atoms with Crippen molar-refractivity contribution in [2.75, 3.05) is 5.32 Å². The smallest absolute Gasteiger partial charge is 0.412 e. The molecule has 0 saturated heterocycles. The van der Waals surface area contributed by atoms with Crippen LogP contribution in [0.1, 0.15) is 31.4 Å². The number of phenolic OH excluding ortho intramolecular Hbond substituents is 1. The molecule has 0 unspecified atom stereocenters. The van der Waals surface area contributed by atoms with Gasteiger partial charge in [-0.05, 0) is 48.4 Å². The molecule has 0 fully saturated rings. The first-order valence-corrected chi connectivity index (χ1v) is 11.0. The molecule has 0 aliphatic carbocycles. The quantitative estimate of drug-likeness (QED) is 0.302. The number of hydrogen-bond acceptors (Lipinski definition) is 4. The van der Waals surface area contributed by atoms with Crippen molar-refractivity contribution < 1.29 is 24.5 Å². The van der Waals surface area contributed by atoms with Gasteiger partial charge in [0.25, 0.3) is 0 Å². The predicted octanol–water partition coefficient (Wildman–Crippen LogP) is 6.65. The maximum atomic E-state index is 12.8. The highest BCUT2D eigenvalue weighted by Crippen LogP contribution is 2.37. The third kappa shape index (κ3) is 6.11. The number of aromatic hydroxyl groups is 1. The van der Waals surface area contributed by atoms with Crippen LogP contribution in [0.25, 0.3) is 10.8 Å². The average Bonchev–Trinajstić information content (AvgIpc) is 2.77. The molecule has 7 heteroatoms. The molecule has 0 spiro atoms. The van der Waals surface area contributed by atoms with Crippen molar-refractivity contribution in [2.45, 2.75) is 25.9 Å². The van der Waals surface area contributed by atoms with Gasteiger partial charge in [0.15, 0.2) is 0 Å². The van der Waals surface area contributed by atoms with E-state index in [1.165, 1.54) is 6.07 Å². The van der Waals surface area contributed by atoms with Gasteiger partial charge >= 0.3 is 12.1 Å². The summed E-state index contributed by atoms with van der Waals surface area (Å²) in [5.74, 6) is -1.18. The van der Waals surface area contributed by atoms with Gasteiger partial charge in [0.1, 0.15) is 11.9 Å². The first kappa shape index (κ1) is 23.3. The van der Waals surface area contributed by atoms with E-state index in [9.17, 15) is 14.7 Å². The number of nitrogens with one attached hydrogen (secondary N) is 1. The van der Waals surface area contributed by atoms with Crippen LogP contribution < -0.4 is 5.32 Å². The molecule has 6 nitrogen and oxygen atoms in total. The molecule has 3 rings (SSSR count). The van der Waals surface area contributed by atoms with E-state index in [0.29, 0.717) is 24.1 Å². The fourth-order valence-corrected chi connectivity index (χ4v) is 3.90. The van der Waals surface area contributed by atoms with Crippen LogP contribution in [0.2, 0.25) is 0 Å². The first-order chi connectivity index (χ1) is 15.3. The van der Waals surface area contributed by atoms with Gasteiger partial charge < -0.3 is 14.9 Å². The summed E-state index contributed by atoms with van der Waals surface area (Å²) in [6.45, 7) is 1.89. The van der Waals surface area contributed by atoms with Crippen LogP contribution in [-0.4, -0.2) is 22.3 Å². The van der Waals surface area contributed by atoms with Crippen LogP contribution in [0.15, 0.2) is 77.3 Å². The van der Waals surface area contributed by atoms with Crippen molar-refractivity contribution in [3.8, 4) is 5.75 Å². The first-order valence-electron chi connectivity index (χ1n) is 10.2. The predicted molar refractivity (Wildman–Crippen MR) is 128 cm³/mol. The van der Waals surface area contributed by atoms with Gasteiger partial charge in [-0.2, -0.15) is 0 Å². The highest BCUT2D eigenvalue weighted by molar-refractivity contribution is 9.10. The molecule has 0 aromatic heterocycles. The Hall–Kier alpha value is -3.32. The zero-order chi connectivity index (χ0) is 23.1. The van der Waals surface area contributed by atoms with Gasteiger partial charge in [0.2, 0.25) is 0 Å². The number of carbonyl (C=O) groups excluding carboxylic acids is 1. The SMILES string of the molecule is C[C@@H](CC/C=C/C(=O)O)[C@@H](OC(=O)Nc1cccc2ccccc12)c1cc(Br)ccc1O. The van der Waals surface area contributed by atoms with E-state index in [-0.39, 0.29) is 11.7 Å². The fraction of sp³-hybridized carbons (Fsp3) is 0.200. The summed E-state index contributed by atoms with van der Waals surface area (Å²) in [6.07, 6.45) is 2.33. The monoisotopic (exact) mass is 497 g/mol. The zero-order valence-electron chi connectivity index (χ0n) is 17.5. The molecule has 2 atom stereocenters. The summed E-state index contributed by atoms with van der Waals surface area (Å²) >= 11 is 3.40. The number of ether oxygens (including phenoxy) is 1. The van der Waals surface area contributed by atoms with Crippen molar-refractivity contribution in [3.05, 3.63) is 82.9 Å². The second kappa shape index (κ2) is 10.8. The lowest BCUT2D eigenvalue weighted by Gasteiger charge is -2.25. The maximum absolute atomic E-state index is 12.8. The summed E-state index contributed by atoms with van der Waals surface area (Å²) in [6, 6.07) is 18.3. The molecule has 166 valence electrons. The molecule has 1 amide bonds. The molecule has 0 radical (unpaired) electrons. The topological polar surface area (TPSA) is 95.9 Å². The molecule has 0 aliphatic heterocycles. The molecule has 32 heavy (non-hydrogen) atoms. The molecular weight excluding hydrogens is 474 g/mol. The number of phenols is 1. The van der Waals surface area contributed by atoms with E-state index in [4.69, 9.17) is 9.84 Å². The lowest BCUT2D eigenvalue weighted by molar-refractivity contribution is -0.131. The van der Waals surface area contributed by atoms with Crippen LogP contribution in [0, 0.1) is 5.92 Å². The van der Waals surface area contributed by atoms with E-state index in [0.717, 1.165) is 21.3 Å². The minimum absolute atomic E-state index is 0.0177. The Balaban J connectivity index is 1.81. The summed E-state index contributed by atoms with van der Waals surface area (Å²) in [5.41, 5.74) is 1.10. The number of amides is 1. The second-order valence-electron chi connectivity index (χ2n) is 7.48. The fourth-order valence-electron chi connectivity index (χ4n) is 3.52. The second-order valence-corrected chi connectivity index (χ2v) is 8.39. The lowest BCUT2D eigenvalue weighted by Crippen LogP contribution is -2.22. The van der Waals surface area contributed by atoms with Gasteiger partial charge in [-0.25, -0.2) is 9.59 Å². The van der Waals surface area contributed by atoms with Gasteiger partial charge in [-0.15, -0.1) is 0 Å². The summed E-state index contributed by atoms with van der Waals surface area (Å²) in [4.78, 5) is 23.5. The van der Waals surface area contributed by atoms with Gasteiger partial charge in [-0.1, -0.05) is 65.3 Å². The number of allylic oxidation sites excluding steroid dienone is 1. The summed E-state index contributed by atoms with van der Waals surface area (Å²) in [7, 11) is 0. The average molecular weight is 498 g/mol. The lowest BCUT2D eigenvalue weighted by atomic mass is 9.92. The van der Waals surface area contributed by atoms with Crippen LogP contribution in [-0.2, 0) is 9.53 Å². The van der Waals surface area contributed by atoms with Crippen molar-refractivity contribution in [3.63, 3.8) is 0 Å². The maximum Gasteiger partial charge on any atom is 0.412 e. The largest absolute Gasteiger partial charge is 0.508 e. The Morgan fingerprint density at radius 3 is 2.66 bits per heavy atom. The van der Waals surface area contributed by atoms with Crippen LogP contribution in [0.3, 0.4) is 0 Å². The molecule has 0 heterocycles. The van der Waals surface area contributed by atoms with E-state index in [1.54, 1.807) is 24.3 Å². The Bertz CT molecular complexity index is 1140. The third-order valence-corrected chi connectivity index (χ3v) is 5.62. The number of halogens is 1. The Kier molecular flexibility index (Phi) is 7.89. The summed E-state index contributed by atoms with van der Waals surface area (Å²) < 4.78 is 6.54. The zero-order valence-corrected chi connectivity index (χ0v) is 19.1. The number of carboxylic acid groups (broad SMARTS) is 1. The molecule has 3 aromatic rings. The number of aliphatic carboxylic acids is 1.